The van der Waals surface area contributed by atoms with Crippen molar-refractivity contribution in [2.45, 2.75) is 19.3 Å². The van der Waals surface area contributed by atoms with E-state index in [0.717, 1.165) is 35.8 Å². The number of hydrogen-bond acceptors (Lipinski definition) is 3. The third kappa shape index (κ3) is 1.56. The number of aryl methyl sites for hydroxylation is 1. The molecule has 4 nitrogen and oxygen atoms in total. The molecule has 0 saturated heterocycles. The molecule has 1 aliphatic carbocycles. The van der Waals surface area contributed by atoms with Crippen molar-refractivity contribution in [3.05, 3.63) is 35.5 Å². The number of nitrogens with two attached hydrogens (primary N) is 1. The second kappa shape index (κ2) is 3.80. The average molecular weight is 229 g/mol. The molecule has 4 heteroatoms. The fourth-order valence-electron chi connectivity index (χ4n) is 2.36. The SMILES string of the molecule is COc1cccc(-n2nc3c(c2N)CCC3)c1. The quantitative estimate of drug-likeness (QED) is 0.856. The number of benzene rings is 1. The van der Waals surface area contributed by atoms with Crippen molar-refractivity contribution in [2.24, 2.45) is 0 Å². The number of anilines is 1. The van der Waals surface area contributed by atoms with E-state index >= 15 is 0 Å². The molecule has 0 saturated carbocycles. The van der Waals surface area contributed by atoms with Crippen LogP contribution in [-0.4, -0.2) is 16.9 Å². The Hall–Kier alpha value is -1.97. The number of ether oxygens (including phenoxy) is 1. The summed E-state index contributed by atoms with van der Waals surface area (Å²) in [5.41, 5.74) is 9.45. The van der Waals surface area contributed by atoms with Crippen LogP contribution in [0.3, 0.4) is 0 Å². The molecule has 0 fully saturated rings. The molecule has 0 amide bonds. The van der Waals surface area contributed by atoms with E-state index in [1.165, 1.54) is 12.0 Å². The minimum Gasteiger partial charge on any atom is -0.497 e. The molecule has 1 aliphatic rings. The monoisotopic (exact) mass is 229 g/mol. The Bertz CT molecular complexity index is 560. The molecule has 2 N–H and O–H groups in total. The zero-order chi connectivity index (χ0) is 11.8. The van der Waals surface area contributed by atoms with Crippen LogP contribution >= 0.6 is 0 Å². The fourth-order valence-corrected chi connectivity index (χ4v) is 2.36. The van der Waals surface area contributed by atoms with Gasteiger partial charge in [-0.25, -0.2) is 4.68 Å². The van der Waals surface area contributed by atoms with Crippen molar-refractivity contribution < 1.29 is 4.74 Å². The molecular weight excluding hydrogens is 214 g/mol. The third-order valence-corrected chi connectivity index (χ3v) is 3.24. The van der Waals surface area contributed by atoms with Crippen LogP contribution in [0.5, 0.6) is 5.75 Å². The zero-order valence-electron chi connectivity index (χ0n) is 9.81. The summed E-state index contributed by atoms with van der Waals surface area (Å²) in [6.45, 7) is 0. The van der Waals surface area contributed by atoms with E-state index < -0.39 is 0 Å². The predicted octanol–water partition coefficient (Wildman–Crippen LogP) is 1.95. The van der Waals surface area contributed by atoms with Gasteiger partial charge in [0.2, 0.25) is 0 Å². The van der Waals surface area contributed by atoms with Gasteiger partial charge in [0, 0.05) is 11.6 Å². The Morgan fingerprint density at radius 2 is 2.24 bits per heavy atom. The van der Waals surface area contributed by atoms with E-state index in [4.69, 9.17) is 10.5 Å². The molecule has 0 bridgehead atoms. The van der Waals surface area contributed by atoms with Gasteiger partial charge >= 0.3 is 0 Å². The highest BCUT2D eigenvalue weighted by molar-refractivity contribution is 5.52. The molecule has 0 spiro atoms. The Morgan fingerprint density at radius 1 is 1.35 bits per heavy atom. The summed E-state index contributed by atoms with van der Waals surface area (Å²) in [5.74, 6) is 1.59. The number of aromatic nitrogens is 2. The van der Waals surface area contributed by atoms with Gasteiger partial charge < -0.3 is 10.5 Å². The van der Waals surface area contributed by atoms with Crippen molar-refractivity contribution in [1.82, 2.24) is 9.78 Å². The molecule has 1 aromatic carbocycles. The number of fused-ring (bicyclic) bond motifs is 1. The molecule has 3 rings (SSSR count). The maximum atomic E-state index is 6.14. The second-order valence-electron chi connectivity index (χ2n) is 4.28. The highest BCUT2D eigenvalue weighted by Crippen LogP contribution is 2.29. The molecule has 2 aromatic rings. The van der Waals surface area contributed by atoms with E-state index in [1.54, 1.807) is 7.11 Å². The van der Waals surface area contributed by atoms with Gasteiger partial charge in [0.05, 0.1) is 18.5 Å². The Morgan fingerprint density at radius 3 is 3.00 bits per heavy atom. The van der Waals surface area contributed by atoms with Crippen molar-refractivity contribution in [2.75, 3.05) is 12.8 Å². The molecule has 0 atom stereocenters. The first-order valence-corrected chi connectivity index (χ1v) is 5.80. The molecule has 0 unspecified atom stereocenters. The highest BCUT2D eigenvalue weighted by atomic mass is 16.5. The lowest BCUT2D eigenvalue weighted by Crippen LogP contribution is -2.03. The van der Waals surface area contributed by atoms with Crippen LogP contribution in [0.25, 0.3) is 5.69 Å². The zero-order valence-corrected chi connectivity index (χ0v) is 9.81. The fraction of sp³-hybridized carbons (Fsp3) is 0.308. The van der Waals surface area contributed by atoms with E-state index in [2.05, 4.69) is 5.10 Å². The topological polar surface area (TPSA) is 53.1 Å². The van der Waals surface area contributed by atoms with E-state index in [9.17, 15) is 0 Å². The van der Waals surface area contributed by atoms with Gasteiger partial charge in [-0.15, -0.1) is 0 Å². The average Bonchev–Trinajstić information content (AvgIpc) is 2.93. The molecule has 1 heterocycles. The van der Waals surface area contributed by atoms with Gasteiger partial charge in [-0.3, -0.25) is 0 Å². The van der Waals surface area contributed by atoms with E-state index in [1.807, 2.05) is 28.9 Å². The highest BCUT2D eigenvalue weighted by Gasteiger charge is 2.20. The Kier molecular flexibility index (Phi) is 2.28. The molecule has 0 aliphatic heterocycles. The summed E-state index contributed by atoms with van der Waals surface area (Å²) in [6.07, 6.45) is 3.25. The molecule has 0 radical (unpaired) electrons. The van der Waals surface area contributed by atoms with Gasteiger partial charge in [-0.1, -0.05) is 6.07 Å². The van der Waals surface area contributed by atoms with E-state index in [0.29, 0.717) is 0 Å². The summed E-state index contributed by atoms with van der Waals surface area (Å²) in [7, 11) is 1.66. The van der Waals surface area contributed by atoms with Crippen LogP contribution in [0.15, 0.2) is 24.3 Å². The van der Waals surface area contributed by atoms with Crippen molar-refractivity contribution in [3.8, 4) is 11.4 Å². The smallest absolute Gasteiger partial charge is 0.130 e. The third-order valence-electron chi connectivity index (χ3n) is 3.24. The Balaban J connectivity index is 2.09. The van der Waals surface area contributed by atoms with Crippen LogP contribution < -0.4 is 10.5 Å². The normalized spacial score (nSPS) is 13.7. The van der Waals surface area contributed by atoms with Crippen molar-refractivity contribution >= 4 is 5.82 Å². The molecular formula is C13H15N3O. The standard InChI is InChI=1S/C13H15N3O/c1-17-10-5-2-4-9(8-10)16-13(14)11-6-3-7-12(11)15-16/h2,4-5,8H,3,6-7,14H2,1H3. The van der Waals surface area contributed by atoms with Gasteiger partial charge in [-0.05, 0) is 31.4 Å². The second-order valence-corrected chi connectivity index (χ2v) is 4.28. The lowest BCUT2D eigenvalue weighted by Gasteiger charge is -2.07. The van der Waals surface area contributed by atoms with Crippen molar-refractivity contribution in [1.29, 1.82) is 0 Å². The number of rotatable bonds is 2. The van der Waals surface area contributed by atoms with Crippen LogP contribution in [0.4, 0.5) is 5.82 Å². The number of nitrogens with zero attached hydrogens (tertiary/aromatic N) is 2. The lowest BCUT2D eigenvalue weighted by atomic mass is 10.2. The molecule has 17 heavy (non-hydrogen) atoms. The minimum atomic E-state index is 0.769. The summed E-state index contributed by atoms with van der Waals surface area (Å²) in [5, 5.41) is 4.57. The van der Waals surface area contributed by atoms with Gasteiger partial charge in [0.25, 0.3) is 0 Å². The van der Waals surface area contributed by atoms with Crippen LogP contribution in [0.1, 0.15) is 17.7 Å². The molecule has 88 valence electrons. The number of nitrogen functional groups attached to an aromatic ring is 1. The maximum Gasteiger partial charge on any atom is 0.130 e. The number of hydrogen-bond donors (Lipinski definition) is 1. The summed E-state index contributed by atoms with van der Waals surface area (Å²) < 4.78 is 7.02. The van der Waals surface area contributed by atoms with Crippen LogP contribution in [-0.2, 0) is 12.8 Å². The summed E-state index contributed by atoms with van der Waals surface area (Å²) >= 11 is 0. The minimum absolute atomic E-state index is 0.769. The maximum absolute atomic E-state index is 6.14. The summed E-state index contributed by atoms with van der Waals surface area (Å²) in [6, 6.07) is 7.79. The first-order valence-electron chi connectivity index (χ1n) is 5.80. The predicted molar refractivity (Wildman–Crippen MR) is 66.6 cm³/mol. The number of methoxy groups -OCH3 is 1. The van der Waals surface area contributed by atoms with Crippen LogP contribution in [0, 0.1) is 0 Å². The van der Waals surface area contributed by atoms with E-state index in [-0.39, 0.29) is 0 Å². The Labute approximate surface area is 100 Å². The first-order chi connectivity index (χ1) is 8.29. The molecule has 1 aromatic heterocycles. The first kappa shape index (κ1) is 10.2. The lowest BCUT2D eigenvalue weighted by molar-refractivity contribution is 0.414. The van der Waals surface area contributed by atoms with Crippen LogP contribution in [0.2, 0.25) is 0 Å². The van der Waals surface area contributed by atoms with Crippen molar-refractivity contribution in [3.63, 3.8) is 0 Å². The largest absolute Gasteiger partial charge is 0.497 e. The van der Waals surface area contributed by atoms with Gasteiger partial charge in [0.15, 0.2) is 0 Å². The van der Waals surface area contributed by atoms with Gasteiger partial charge in [0.1, 0.15) is 11.6 Å². The summed E-state index contributed by atoms with van der Waals surface area (Å²) in [4.78, 5) is 0. The van der Waals surface area contributed by atoms with Gasteiger partial charge in [-0.2, -0.15) is 5.10 Å².